The number of hydrogen-bond acceptors (Lipinski definition) is 7. The lowest BCUT2D eigenvalue weighted by Gasteiger charge is -2.35. The number of morpholine rings is 1. The van der Waals surface area contributed by atoms with Crippen molar-refractivity contribution in [2.45, 2.75) is 33.7 Å². The summed E-state index contributed by atoms with van der Waals surface area (Å²) in [5.74, 6) is 0.657. The van der Waals surface area contributed by atoms with Gasteiger partial charge in [0.2, 0.25) is 5.91 Å². The molecule has 2 unspecified atom stereocenters. The summed E-state index contributed by atoms with van der Waals surface area (Å²) >= 11 is 1.22. The summed E-state index contributed by atoms with van der Waals surface area (Å²) in [5, 5.41) is 3.38. The number of amides is 2. The van der Waals surface area contributed by atoms with Crippen LogP contribution < -0.4 is 10.9 Å². The van der Waals surface area contributed by atoms with Crippen LogP contribution in [0, 0.1) is 18.8 Å². The van der Waals surface area contributed by atoms with Crippen LogP contribution in [0.2, 0.25) is 0 Å². The number of carbonyl (C=O) groups is 2. The van der Waals surface area contributed by atoms with Gasteiger partial charge in [-0.3, -0.25) is 23.9 Å². The molecule has 33 heavy (non-hydrogen) atoms. The number of hydrogen-bond donors (Lipinski definition) is 1. The summed E-state index contributed by atoms with van der Waals surface area (Å²) in [5.41, 5.74) is 0.353. The van der Waals surface area contributed by atoms with Gasteiger partial charge in [-0.2, -0.15) is 0 Å². The number of nitrogens with zero attached hydrogens (tertiary/aromatic N) is 4. The second-order valence-electron chi connectivity index (χ2n) is 9.37. The van der Waals surface area contributed by atoms with E-state index >= 15 is 0 Å². The van der Waals surface area contributed by atoms with Gasteiger partial charge in [0, 0.05) is 39.3 Å². The fourth-order valence-corrected chi connectivity index (χ4v) is 5.89. The van der Waals surface area contributed by atoms with Crippen molar-refractivity contribution in [2.24, 2.45) is 11.8 Å². The second kappa shape index (κ2) is 10.3. The van der Waals surface area contributed by atoms with Gasteiger partial charge < -0.3 is 15.0 Å². The van der Waals surface area contributed by atoms with Crippen LogP contribution >= 0.6 is 11.3 Å². The molecule has 1 N–H and O–H groups in total. The summed E-state index contributed by atoms with van der Waals surface area (Å²) in [6, 6.07) is 0. The number of nitrogens with one attached hydrogen (secondary N) is 1. The summed E-state index contributed by atoms with van der Waals surface area (Å²) in [4.78, 5) is 48.3. The Labute approximate surface area is 197 Å². The minimum atomic E-state index is -0.271. The third-order valence-corrected chi connectivity index (χ3v) is 7.67. The highest BCUT2D eigenvalue weighted by molar-refractivity contribution is 7.20. The number of aryl methyl sites for hydroxylation is 1. The van der Waals surface area contributed by atoms with Crippen molar-refractivity contribution in [1.82, 2.24) is 24.7 Å². The zero-order valence-corrected chi connectivity index (χ0v) is 20.4. The Kier molecular flexibility index (Phi) is 7.45. The fourth-order valence-electron chi connectivity index (χ4n) is 4.83. The molecule has 2 atom stereocenters. The van der Waals surface area contributed by atoms with Crippen LogP contribution in [0.25, 0.3) is 10.2 Å². The molecule has 9 nitrogen and oxygen atoms in total. The molecule has 0 spiro atoms. The largest absolute Gasteiger partial charge is 0.379 e. The van der Waals surface area contributed by atoms with E-state index in [0.29, 0.717) is 39.0 Å². The molecule has 2 aromatic rings. The lowest BCUT2D eigenvalue weighted by molar-refractivity contribution is -0.134. The molecule has 2 aliphatic heterocycles. The topological polar surface area (TPSA) is 96.8 Å². The first-order valence-electron chi connectivity index (χ1n) is 11.7. The maximum absolute atomic E-state index is 13.2. The first kappa shape index (κ1) is 23.8. The molecule has 2 fully saturated rings. The van der Waals surface area contributed by atoms with Crippen LogP contribution in [-0.4, -0.2) is 83.6 Å². The second-order valence-corrected chi connectivity index (χ2v) is 10.4. The molecule has 4 rings (SSSR count). The minimum absolute atomic E-state index is 0.0302. The Balaban J connectivity index is 1.45. The SMILES string of the molecule is Cc1c(C(=O)NCCN2CCOCC2)sc2ncn(CC(=O)N3CC(C)CC(C)C3)c(=O)c12. The van der Waals surface area contributed by atoms with Crippen LogP contribution in [0.3, 0.4) is 0 Å². The molecule has 2 aromatic heterocycles. The molecular formula is C23H33N5O4S. The Bertz CT molecular complexity index is 1060. The Morgan fingerprint density at radius 1 is 1.21 bits per heavy atom. The van der Waals surface area contributed by atoms with Gasteiger partial charge >= 0.3 is 0 Å². The number of carbonyl (C=O) groups excluding carboxylic acids is 2. The van der Waals surface area contributed by atoms with E-state index in [1.165, 1.54) is 22.2 Å². The fraction of sp³-hybridized carbons (Fsp3) is 0.652. The molecule has 2 saturated heterocycles. The zero-order valence-electron chi connectivity index (χ0n) is 19.6. The molecular weight excluding hydrogens is 442 g/mol. The predicted octanol–water partition coefficient (Wildman–Crippen LogP) is 1.33. The maximum atomic E-state index is 13.2. The van der Waals surface area contributed by atoms with Crippen molar-refractivity contribution >= 4 is 33.4 Å². The Morgan fingerprint density at radius 3 is 2.61 bits per heavy atom. The Morgan fingerprint density at radius 2 is 1.91 bits per heavy atom. The standard InChI is InChI=1S/C23H33N5O4S/c1-15-10-16(2)12-27(11-15)18(29)13-28-14-25-22-19(23(28)31)17(3)20(33-22)21(30)24-4-5-26-6-8-32-9-7-26/h14-16H,4-13H2,1-3H3,(H,24,30). The van der Waals surface area contributed by atoms with Crippen LogP contribution in [0.15, 0.2) is 11.1 Å². The molecule has 0 aromatic carbocycles. The maximum Gasteiger partial charge on any atom is 0.262 e. The van der Waals surface area contributed by atoms with E-state index in [-0.39, 0.29) is 23.9 Å². The third kappa shape index (κ3) is 5.44. The molecule has 10 heteroatoms. The lowest BCUT2D eigenvalue weighted by Crippen LogP contribution is -2.44. The zero-order chi connectivity index (χ0) is 23.5. The molecule has 0 aliphatic carbocycles. The third-order valence-electron chi connectivity index (χ3n) is 6.47. The van der Waals surface area contributed by atoms with Gasteiger partial charge in [0.25, 0.3) is 11.5 Å². The summed E-state index contributed by atoms with van der Waals surface area (Å²) in [7, 11) is 0. The number of aromatic nitrogens is 2. The van der Waals surface area contributed by atoms with Crippen LogP contribution in [-0.2, 0) is 16.1 Å². The highest BCUT2D eigenvalue weighted by Gasteiger charge is 2.26. The number of rotatable bonds is 6. The van der Waals surface area contributed by atoms with E-state index < -0.39 is 0 Å². The quantitative estimate of drug-likeness (QED) is 0.677. The van der Waals surface area contributed by atoms with Crippen molar-refractivity contribution in [3.8, 4) is 0 Å². The van der Waals surface area contributed by atoms with Crippen molar-refractivity contribution in [1.29, 1.82) is 0 Å². The molecule has 2 aliphatic rings. The van der Waals surface area contributed by atoms with E-state index in [0.717, 1.165) is 52.4 Å². The van der Waals surface area contributed by atoms with E-state index in [2.05, 4.69) is 29.0 Å². The van der Waals surface area contributed by atoms with Gasteiger partial charge in [0.05, 0.1) is 29.8 Å². The van der Waals surface area contributed by atoms with E-state index in [1.807, 2.05) is 4.90 Å². The first-order chi connectivity index (χ1) is 15.8. The Hall–Kier alpha value is -2.30. The summed E-state index contributed by atoms with van der Waals surface area (Å²) in [6.07, 6.45) is 2.54. The lowest BCUT2D eigenvalue weighted by atomic mass is 9.92. The van der Waals surface area contributed by atoms with Gasteiger partial charge in [-0.1, -0.05) is 13.8 Å². The number of ether oxygens (including phenoxy) is 1. The smallest absolute Gasteiger partial charge is 0.262 e. The molecule has 2 amide bonds. The van der Waals surface area contributed by atoms with Gasteiger partial charge in [-0.15, -0.1) is 11.3 Å². The van der Waals surface area contributed by atoms with Crippen molar-refractivity contribution < 1.29 is 14.3 Å². The van der Waals surface area contributed by atoms with Crippen LogP contribution in [0.5, 0.6) is 0 Å². The normalized spacial score (nSPS) is 22.0. The highest BCUT2D eigenvalue weighted by Crippen LogP contribution is 2.27. The number of likely N-dealkylation sites (tertiary alicyclic amines) is 1. The van der Waals surface area contributed by atoms with Gasteiger partial charge in [0.15, 0.2) is 0 Å². The van der Waals surface area contributed by atoms with E-state index in [1.54, 1.807) is 6.92 Å². The van der Waals surface area contributed by atoms with E-state index in [9.17, 15) is 14.4 Å². The van der Waals surface area contributed by atoms with Crippen LogP contribution in [0.1, 0.15) is 35.5 Å². The van der Waals surface area contributed by atoms with Crippen molar-refractivity contribution in [3.05, 3.63) is 27.1 Å². The summed E-state index contributed by atoms with van der Waals surface area (Å²) < 4.78 is 6.71. The number of thiophene rings is 1. The predicted molar refractivity (Wildman–Crippen MR) is 128 cm³/mol. The van der Waals surface area contributed by atoms with Gasteiger partial charge in [-0.25, -0.2) is 4.98 Å². The van der Waals surface area contributed by atoms with E-state index in [4.69, 9.17) is 4.74 Å². The minimum Gasteiger partial charge on any atom is -0.379 e. The molecule has 4 heterocycles. The van der Waals surface area contributed by atoms with Crippen molar-refractivity contribution in [3.63, 3.8) is 0 Å². The van der Waals surface area contributed by atoms with Crippen LogP contribution in [0.4, 0.5) is 0 Å². The monoisotopic (exact) mass is 475 g/mol. The number of fused-ring (bicyclic) bond motifs is 1. The average Bonchev–Trinajstić information content (AvgIpc) is 3.13. The molecule has 180 valence electrons. The molecule has 0 bridgehead atoms. The molecule has 0 saturated carbocycles. The first-order valence-corrected chi connectivity index (χ1v) is 12.5. The average molecular weight is 476 g/mol. The van der Waals surface area contributed by atoms with Gasteiger partial charge in [-0.05, 0) is 30.7 Å². The number of piperidine rings is 1. The van der Waals surface area contributed by atoms with Gasteiger partial charge in [0.1, 0.15) is 11.4 Å². The van der Waals surface area contributed by atoms with Crippen molar-refractivity contribution in [2.75, 3.05) is 52.5 Å². The molecule has 0 radical (unpaired) electrons. The highest BCUT2D eigenvalue weighted by atomic mass is 32.1. The summed E-state index contributed by atoms with van der Waals surface area (Å²) in [6.45, 7) is 12.0.